The van der Waals surface area contributed by atoms with E-state index in [1.165, 1.54) is 12.8 Å². The molecule has 1 aliphatic rings. The van der Waals surface area contributed by atoms with Crippen LogP contribution in [0, 0.1) is 5.92 Å². The Morgan fingerprint density at radius 3 is 2.47 bits per heavy atom. The zero-order valence-electron chi connectivity index (χ0n) is 11.4. The second-order valence-electron chi connectivity index (χ2n) is 5.39. The molecule has 0 spiro atoms. The number of benzene rings is 1. The highest BCUT2D eigenvalue weighted by Crippen LogP contribution is 2.33. The fourth-order valence-electron chi connectivity index (χ4n) is 2.93. The van der Waals surface area contributed by atoms with Gasteiger partial charge in [0.1, 0.15) is 5.75 Å². The topological polar surface area (TPSA) is 63.9 Å². The first kappa shape index (κ1) is 14.3. The summed E-state index contributed by atoms with van der Waals surface area (Å²) in [4.78, 5) is 2.38. The summed E-state index contributed by atoms with van der Waals surface area (Å²) in [5.74, 6) is 0.261. The summed E-state index contributed by atoms with van der Waals surface area (Å²) in [5, 5.41) is 28.4. The average molecular weight is 265 g/mol. The molecule has 1 saturated heterocycles. The smallest absolute Gasteiger partial charge is 0.121 e. The minimum Gasteiger partial charge on any atom is -0.508 e. The minimum atomic E-state index is -0.167. The predicted octanol–water partition coefficient (Wildman–Crippen LogP) is 1.65. The quantitative estimate of drug-likeness (QED) is 0.757. The van der Waals surface area contributed by atoms with E-state index in [2.05, 4.69) is 4.90 Å². The van der Waals surface area contributed by atoms with Crippen molar-refractivity contribution in [3.05, 3.63) is 29.3 Å². The third-order valence-corrected chi connectivity index (χ3v) is 3.98. The molecule has 19 heavy (non-hydrogen) atoms. The van der Waals surface area contributed by atoms with E-state index in [-0.39, 0.29) is 30.9 Å². The molecular weight excluding hydrogens is 242 g/mol. The molecule has 4 nitrogen and oxygen atoms in total. The molecule has 0 radical (unpaired) electrons. The third kappa shape index (κ3) is 3.08. The normalized spacial score (nSPS) is 19.5. The van der Waals surface area contributed by atoms with Crippen molar-refractivity contribution in [1.82, 2.24) is 4.90 Å². The lowest BCUT2D eigenvalue weighted by Crippen LogP contribution is -2.32. The van der Waals surface area contributed by atoms with Crippen LogP contribution in [0.1, 0.15) is 36.9 Å². The van der Waals surface area contributed by atoms with Gasteiger partial charge in [0.2, 0.25) is 0 Å². The Balaban J connectivity index is 2.31. The predicted molar refractivity (Wildman–Crippen MR) is 73.8 cm³/mol. The maximum atomic E-state index is 9.65. The Kier molecular flexibility index (Phi) is 4.80. The Morgan fingerprint density at radius 1 is 1.21 bits per heavy atom. The second kappa shape index (κ2) is 6.37. The van der Waals surface area contributed by atoms with Crippen molar-refractivity contribution < 1.29 is 15.3 Å². The molecule has 0 aromatic heterocycles. The first-order valence-electron chi connectivity index (χ1n) is 6.95. The summed E-state index contributed by atoms with van der Waals surface area (Å²) in [6, 6.07) is 5.53. The van der Waals surface area contributed by atoms with Gasteiger partial charge >= 0.3 is 0 Å². The van der Waals surface area contributed by atoms with Crippen molar-refractivity contribution in [2.45, 2.75) is 32.4 Å². The molecule has 1 heterocycles. The number of aliphatic hydroxyl groups is 2. The highest BCUT2D eigenvalue weighted by molar-refractivity contribution is 5.37. The number of hydrogen-bond donors (Lipinski definition) is 3. The van der Waals surface area contributed by atoms with E-state index in [0.717, 1.165) is 18.7 Å². The molecule has 4 heteroatoms. The Labute approximate surface area is 114 Å². The van der Waals surface area contributed by atoms with Crippen LogP contribution in [-0.2, 0) is 6.61 Å². The summed E-state index contributed by atoms with van der Waals surface area (Å²) in [7, 11) is 0. The SMILES string of the molecule is CC(CO)C(c1ccc(O)c(CO)c1)N1CCCC1. The van der Waals surface area contributed by atoms with Crippen LogP contribution in [0.2, 0.25) is 0 Å². The standard InChI is InChI=1S/C15H23NO3/c1-11(9-17)15(16-6-2-3-7-16)12-4-5-14(19)13(8-12)10-18/h4-5,8,11,15,17-19H,2-3,6-7,9-10H2,1H3. The molecule has 106 valence electrons. The Hall–Kier alpha value is -1.10. The van der Waals surface area contributed by atoms with Gasteiger partial charge in [0, 0.05) is 18.2 Å². The molecular formula is C15H23NO3. The molecule has 1 aromatic carbocycles. The number of nitrogens with zero attached hydrogens (tertiary/aromatic N) is 1. The van der Waals surface area contributed by atoms with Crippen LogP contribution < -0.4 is 0 Å². The summed E-state index contributed by atoms with van der Waals surface area (Å²) in [6.07, 6.45) is 2.39. The monoisotopic (exact) mass is 265 g/mol. The molecule has 1 aliphatic heterocycles. The largest absolute Gasteiger partial charge is 0.508 e. The summed E-state index contributed by atoms with van der Waals surface area (Å²) < 4.78 is 0. The molecule has 0 saturated carbocycles. The van der Waals surface area contributed by atoms with Crippen LogP contribution in [0.3, 0.4) is 0 Å². The maximum absolute atomic E-state index is 9.65. The van der Waals surface area contributed by atoms with Crippen LogP contribution in [0.4, 0.5) is 0 Å². The van der Waals surface area contributed by atoms with Crippen LogP contribution in [-0.4, -0.2) is 39.9 Å². The van der Waals surface area contributed by atoms with Crippen molar-refractivity contribution in [2.75, 3.05) is 19.7 Å². The van der Waals surface area contributed by atoms with Gasteiger partial charge in [-0.25, -0.2) is 0 Å². The second-order valence-corrected chi connectivity index (χ2v) is 5.39. The molecule has 2 rings (SSSR count). The first-order chi connectivity index (χ1) is 9.17. The zero-order chi connectivity index (χ0) is 13.8. The number of hydrogen-bond acceptors (Lipinski definition) is 4. The average Bonchev–Trinajstić information content (AvgIpc) is 2.94. The van der Waals surface area contributed by atoms with Gasteiger partial charge < -0.3 is 15.3 Å². The highest BCUT2D eigenvalue weighted by Gasteiger charge is 2.28. The van der Waals surface area contributed by atoms with Crippen LogP contribution in [0.25, 0.3) is 0 Å². The molecule has 1 fully saturated rings. The Bertz CT molecular complexity index is 416. The number of phenols is 1. The molecule has 2 atom stereocenters. The van der Waals surface area contributed by atoms with E-state index < -0.39 is 0 Å². The van der Waals surface area contributed by atoms with Gasteiger partial charge in [-0.3, -0.25) is 4.90 Å². The van der Waals surface area contributed by atoms with E-state index >= 15 is 0 Å². The lowest BCUT2D eigenvalue weighted by molar-refractivity contribution is 0.125. The van der Waals surface area contributed by atoms with Crippen molar-refractivity contribution in [2.24, 2.45) is 5.92 Å². The summed E-state index contributed by atoms with van der Waals surface area (Å²) in [5.41, 5.74) is 1.61. The van der Waals surface area contributed by atoms with Gasteiger partial charge in [-0.1, -0.05) is 13.0 Å². The van der Waals surface area contributed by atoms with E-state index in [1.54, 1.807) is 6.07 Å². The summed E-state index contributed by atoms with van der Waals surface area (Å²) >= 11 is 0. The van der Waals surface area contributed by atoms with Gasteiger partial charge in [0.25, 0.3) is 0 Å². The lowest BCUT2D eigenvalue weighted by Gasteiger charge is -2.32. The van der Waals surface area contributed by atoms with Crippen molar-refractivity contribution in [3.8, 4) is 5.75 Å². The zero-order valence-corrected chi connectivity index (χ0v) is 11.4. The maximum Gasteiger partial charge on any atom is 0.121 e. The number of likely N-dealkylation sites (tertiary alicyclic amines) is 1. The number of aliphatic hydroxyl groups excluding tert-OH is 2. The lowest BCUT2D eigenvalue weighted by atomic mass is 9.92. The highest BCUT2D eigenvalue weighted by atomic mass is 16.3. The van der Waals surface area contributed by atoms with E-state index in [9.17, 15) is 15.3 Å². The van der Waals surface area contributed by atoms with Crippen LogP contribution in [0.15, 0.2) is 18.2 Å². The molecule has 0 bridgehead atoms. The number of rotatable bonds is 5. The first-order valence-corrected chi connectivity index (χ1v) is 6.95. The van der Waals surface area contributed by atoms with Gasteiger partial charge in [-0.05, 0) is 49.5 Å². The van der Waals surface area contributed by atoms with Gasteiger partial charge in [0.05, 0.1) is 6.61 Å². The third-order valence-electron chi connectivity index (χ3n) is 3.98. The van der Waals surface area contributed by atoms with Gasteiger partial charge in [-0.2, -0.15) is 0 Å². The van der Waals surface area contributed by atoms with Crippen molar-refractivity contribution >= 4 is 0 Å². The molecule has 2 unspecified atom stereocenters. The van der Waals surface area contributed by atoms with E-state index in [4.69, 9.17) is 0 Å². The van der Waals surface area contributed by atoms with Gasteiger partial charge in [0.15, 0.2) is 0 Å². The van der Waals surface area contributed by atoms with Crippen molar-refractivity contribution in [3.63, 3.8) is 0 Å². The van der Waals surface area contributed by atoms with Gasteiger partial charge in [-0.15, -0.1) is 0 Å². The Morgan fingerprint density at radius 2 is 1.89 bits per heavy atom. The van der Waals surface area contributed by atoms with Crippen molar-refractivity contribution in [1.29, 1.82) is 0 Å². The summed E-state index contributed by atoms with van der Waals surface area (Å²) in [6.45, 7) is 4.10. The molecule has 1 aromatic rings. The number of aromatic hydroxyl groups is 1. The molecule has 0 amide bonds. The van der Waals surface area contributed by atoms with E-state index in [0.29, 0.717) is 5.56 Å². The van der Waals surface area contributed by atoms with E-state index in [1.807, 2.05) is 19.1 Å². The molecule has 0 aliphatic carbocycles. The fraction of sp³-hybridized carbons (Fsp3) is 0.600. The van der Waals surface area contributed by atoms with Crippen LogP contribution in [0.5, 0.6) is 5.75 Å². The minimum absolute atomic E-state index is 0.128. The van der Waals surface area contributed by atoms with Crippen LogP contribution >= 0.6 is 0 Å². The molecule has 3 N–H and O–H groups in total. The fourth-order valence-corrected chi connectivity index (χ4v) is 2.93.